The Hall–Kier alpha value is -2.04. The maximum absolute atomic E-state index is 12.0. The molecule has 2 N–H and O–H groups in total. The summed E-state index contributed by atoms with van der Waals surface area (Å²) in [5.74, 6) is -0.890. The van der Waals surface area contributed by atoms with Crippen LogP contribution in [0.4, 0.5) is 4.79 Å². The highest BCUT2D eigenvalue weighted by molar-refractivity contribution is 5.87. The van der Waals surface area contributed by atoms with Gasteiger partial charge in [-0.05, 0) is 11.5 Å². The topological polar surface area (TPSA) is 69.6 Å². The highest BCUT2D eigenvalue weighted by atomic mass is 16.4. The number of urea groups is 1. The molecule has 0 unspecified atom stereocenters. The maximum Gasteiger partial charge on any atom is 0.328 e. The van der Waals surface area contributed by atoms with Gasteiger partial charge in [0.05, 0.1) is 6.04 Å². The van der Waals surface area contributed by atoms with E-state index in [1.165, 1.54) is 4.90 Å². The molecule has 0 saturated carbocycles. The van der Waals surface area contributed by atoms with Crippen molar-refractivity contribution in [2.75, 3.05) is 0 Å². The summed E-state index contributed by atoms with van der Waals surface area (Å²) in [5.41, 5.74) is 0.924. The van der Waals surface area contributed by atoms with Gasteiger partial charge in [-0.1, -0.05) is 44.2 Å². The quantitative estimate of drug-likeness (QED) is 0.867. The van der Waals surface area contributed by atoms with Crippen LogP contribution in [0, 0.1) is 5.92 Å². The Morgan fingerprint density at radius 3 is 2.53 bits per heavy atom. The number of carboxylic acid groups (broad SMARTS) is 1. The number of benzene rings is 1. The lowest BCUT2D eigenvalue weighted by Gasteiger charge is -2.24. The Balaban J connectivity index is 2.22. The van der Waals surface area contributed by atoms with Crippen molar-refractivity contribution in [2.45, 2.75) is 32.5 Å². The van der Waals surface area contributed by atoms with E-state index in [1.807, 2.05) is 44.2 Å². The first kappa shape index (κ1) is 13.4. The van der Waals surface area contributed by atoms with Crippen molar-refractivity contribution < 1.29 is 14.7 Å². The summed E-state index contributed by atoms with van der Waals surface area (Å²) < 4.78 is 0. The number of hydrogen-bond acceptors (Lipinski definition) is 2. The number of nitrogens with one attached hydrogen (secondary N) is 1. The number of carboxylic acids is 1. The Kier molecular flexibility index (Phi) is 3.74. The number of carbonyl (C=O) groups is 2. The second-order valence-corrected chi connectivity index (χ2v) is 5.12. The van der Waals surface area contributed by atoms with Crippen molar-refractivity contribution in [1.29, 1.82) is 0 Å². The largest absolute Gasteiger partial charge is 0.480 e. The Morgan fingerprint density at radius 2 is 2.00 bits per heavy atom. The fraction of sp³-hybridized carbons (Fsp3) is 0.429. The molecule has 2 atom stereocenters. The fourth-order valence-electron chi connectivity index (χ4n) is 2.39. The second-order valence-electron chi connectivity index (χ2n) is 5.12. The summed E-state index contributed by atoms with van der Waals surface area (Å²) in [4.78, 5) is 24.8. The van der Waals surface area contributed by atoms with Crippen LogP contribution in [0.15, 0.2) is 30.3 Å². The molecule has 1 heterocycles. The van der Waals surface area contributed by atoms with Crippen LogP contribution in [0.3, 0.4) is 0 Å². The Morgan fingerprint density at radius 1 is 1.37 bits per heavy atom. The summed E-state index contributed by atoms with van der Waals surface area (Å²) in [7, 11) is 0. The predicted molar refractivity (Wildman–Crippen MR) is 70.6 cm³/mol. The van der Waals surface area contributed by atoms with Gasteiger partial charge in [-0.25, -0.2) is 9.59 Å². The zero-order valence-electron chi connectivity index (χ0n) is 11.0. The number of carbonyl (C=O) groups excluding carboxylic acids is 1. The third-order valence-corrected chi connectivity index (χ3v) is 3.39. The van der Waals surface area contributed by atoms with Crippen molar-refractivity contribution in [3.8, 4) is 0 Å². The standard InChI is InChI=1S/C14H18N2O3/c1-9(2)11-12(13(17)18)16(14(19)15-11)8-10-6-4-3-5-7-10/h3-7,9,11-12H,8H2,1-2H3,(H,15,19)(H,17,18)/t11-,12-/m0/s1. The molecule has 2 amide bonds. The van der Waals surface area contributed by atoms with Gasteiger partial charge in [0.25, 0.3) is 0 Å². The van der Waals surface area contributed by atoms with E-state index < -0.39 is 12.0 Å². The van der Waals surface area contributed by atoms with Crippen molar-refractivity contribution in [3.05, 3.63) is 35.9 Å². The summed E-state index contributed by atoms with van der Waals surface area (Å²) in [5, 5.41) is 12.1. The summed E-state index contributed by atoms with van der Waals surface area (Å²) in [6.07, 6.45) is 0. The fourth-order valence-corrected chi connectivity index (χ4v) is 2.39. The van der Waals surface area contributed by atoms with Crippen molar-refractivity contribution >= 4 is 12.0 Å². The van der Waals surface area contributed by atoms with Gasteiger partial charge in [-0.15, -0.1) is 0 Å². The third-order valence-electron chi connectivity index (χ3n) is 3.39. The van der Waals surface area contributed by atoms with Gasteiger partial charge in [0.15, 0.2) is 6.04 Å². The molecule has 1 fully saturated rings. The van der Waals surface area contributed by atoms with Gasteiger partial charge in [0, 0.05) is 6.54 Å². The molecular weight excluding hydrogens is 244 g/mol. The molecule has 1 aliphatic rings. The number of nitrogens with zero attached hydrogens (tertiary/aromatic N) is 1. The summed E-state index contributed by atoms with van der Waals surface area (Å²) in [6.45, 7) is 4.13. The zero-order valence-corrected chi connectivity index (χ0v) is 11.0. The van der Waals surface area contributed by atoms with E-state index in [2.05, 4.69) is 5.32 Å². The highest BCUT2D eigenvalue weighted by Gasteiger charge is 2.45. The molecule has 1 saturated heterocycles. The van der Waals surface area contributed by atoms with Crippen molar-refractivity contribution in [2.24, 2.45) is 5.92 Å². The molecule has 0 spiro atoms. The zero-order chi connectivity index (χ0) is 14.0. The number of hydrogen-bond donors (Lipinski definition) is 2. The van der Waals surface area contributed by atoms with E-state index in [9.17, 15) is 14.7 Å². The minimum absolute atomic E-state index is 0.0748. The molecule has 2 rings (SSSR count). The highest BCUT2D eigenvalue weighted by Crippen LogP contribution is 2.22. The van der Waals surface area contributed by atoms with Gasteiger partial charge in [-0.2, -0.15) is 0 Å². The van der Waals surface area contributed by atoms with Crippen LogP contribution in [0.1, 0.15) is 19.4 Å². The van der Waals surface area contributed by atoms with Gasteiger partial charge in [0.1, 0.15) is 0 Å². The first-order valence-electron chi connectivity index (χ1n) is 6.34. The molecule has 1 aliphatic heterocycles. The average molecular weight is 262 g/mol. The van der Waals surface area contributed by atoms with Gasteiger partial charge in [-0.3, -0.25) is 0 Å². The SMILES string of the molecule is CC(C)[C@@H]1NC(=O)N(Cc2ccccc2)[C@@H]1C(=O)O. The van der Waals surface area contributed by atoms with E-state index in [-0.39, 0.29) is 18.0 Å². The minimum Gasteiger partial charge on any atom is -0.480 e. The van der Waals surface area contributed by atoms with E-state index in [4.69, 9.17) is 0 Å². The monoisotopic (exact) mass is 262 g/mol. The van der Waals surface area contributed by atoms with Crippen LogP contribution in [0.5, 0.6) is 0 Å². The second kappa shape index (κ2) is 5.30. The summed E-state index contributed by atoms with van der Waals surface area (Å²) >= 11 is 0. The number of aliphatic carboxylic acids is 1. The van der Waals surface area contributed by atoms with E-state index in [1.54, 1.807) is 0 Å². The van der Waals surface area contributed by atoms with Gasteiger partial charge < -0.3 is 15.3 Å². The Bertz CT molecular complexity index is 473. The minimum atomic E-state index is -0.965. The molecule has 0 aromatic heterocycles. The smallest absolute Gasteiger partial charge is 0.328 e. The molecule has 5 heteroatoms. The molecule has 0 aliphatic carbocycles. The van der Waals surface area contributed by atoms with Crippen LogP contribution >= 0.6 is 0 Å². The first-order valence-corrected chi connectivity index (χ1v) is 6.34. The average Bonchev–Trinajstić information content (AvgIpc) is 2.68. The molecule has 0 bridgehead atoms. The van der Waals surface area contributed by atoms with E-state index >= 15 is 0 Å². The van der Waals surface area contributed by atoms with Gasteiger partial charge >= 0.3 is 12.0 Å². The van der Waals surface area contributed by atoms with E-state index in [0.29, 0.717) is 6.54 Å². The Labute approximate surface area is 112 Å². The van der Waals surface area contributed by atoms with Crippen molar-refractivity contribution in [3.63, 3.8) is 0 Å². The van der Waals surface area contributed by atoms with Crippen LogP contribution in [0.2, 0.25) is 0 Å². The molecule has 1 aromatic rings. The van der Waals surface area contributed by atoms with Crippen LogP contribution in [-0.4, -0.2) is 34.1 Å². The normalized spacial score (nSPS) is 22.7. The molecule has 19 heavy (non-hydrogen) atoms. The lowest BCUT2D eigenvalue weighted by molar-refractivity contribution is -0.142. The molecule has 5 nitrogen and oxygen atoms in total. The third kappa shape index (κ3) is 2.70. The van der Waals surface area contributed by atoms with Crippen molar-refractivity contribution in [1.82, 2.24) is 10.2 Å². The van der Waals surface area contributed by atoms with Crippen LogP contribution in [0.25, 0.3) is 0 Å². The molecule has 1 aromatic carbocycles. The first-order chi connectivity index (χ1) is 9.00. The lowest BCUT2D eigenvalue weighted by Crippen LogP contribution is -2.45. The molecule has 0 radical (unpaired) electrons. The lowest BCUT2D eigenvalue weighted by atomic mass is 9.97. The molecule has 102 valence electrons. The van der Waals surface area contributed by atoms with E-state index in [0.717, 1.165) is 5.56 Å². The molecular formula is C14H18N2O3. The number of rotatable bonds is 4. The van der Waals surface area contributed by atoms with Gasteiger partial charge in [0.2, 0.25) is 0 Å². The van der Waals surface area contributed by atoms with Crippen LogP contribution < -0.4 is 5.32 Å². The van der Waals surface area contributed by atoms with Crippen LogP contribution in [-0.2, 0) is 11.3 Å². The number of amides is 2. The predicted octanol–water partition coefficient (Wildman–Crippen LogP) is 1.69. The maximum atomic E-state index is 12.0. The summed E-state index contributed by atoms with van der Waals surface area (Å²) in [6, 6.07) is 7.93.